The van der Waals surface area contributed by atoms with E-state index >= 15 is 0 Å². The summed E-state index contributed by atoms with van der Waals surface area (Å²) in [4.78, 5) is 4.80. The summed E-state index contributed by atoms with van der Waals surface area (Å²) in [6.07, 6.45) is 8.93. The van der Waals surface area contributed by atoms with Crippen molar-refractivity contribution < 1.29 is 9.84 Å². The van der Waals surface area contributed by atoms with Gasteiger partial charge in [-0.25, -0.2) is 0 Å². The fraction of sp³-hybridized carbons (Fsp3) is 0.600. The minimum absolute atomic E-state index is 0.531. The SMILES string of the molecule is COc1ccc(/C=C/CN2CCC[C@@](O)(CN3CCCC3)C2)cc1. The normalized spacial score (nSPS) is 26.2. The molecule has 1 N–H and O–H groups in total. The first kappa shape index (κ1) is 17.5. The zero-order chi connectivity index (χ0) is 16.8. The van der Waals surface area contributed by atoms with Crippen molar-refractivity contribution in [3.05, 3.63) is 35.9 Å². The third-order valence-electron chi connectivity index (χ3n) is 5.14. The highest BCUT2D eigenvalue weighted by Crippen LogP contribution is 2.24. The molecular formula is C20H30N2O2. The lowest BCUT2D eigenvalue weighted by atomic mass is 9.92. The molecule has 2 saturated heterocycles. The Kier molecular flexibility index (Phi) is 5.93. The Hall–Kier alpha value is -1.36. The number of ether oxygens (including phenoxy) is 1. The average Bonchev–Trinajstić information content (AvgIpc) is 3.08. The summed E-state index contributed by atoms with van der Waals surface area (Å²) in [5.41, 5.74) is 0.649. The first-order valence-electron chi connectivity index (χ1n) is 9.15. The fourth-order valence-electron chi connectivity index (χ4n) is 3.90. The van der Waals surface area contributed by atoms with E-state index in [0.717, 1.165) is 57.9 Å². The molecule has 4 nitrogen and oxygen atoms in total. The predicted octanol–water partition coefficient (Wildman–Crippen LogP) is 2.63. The van der Waals surface area contributed by atoms with Gasteiger partial charge in [0.25, 0.3) is 0 Å². The van der Waals surface area contributed by atoms with Crippen LogP contribution in [0.5, 0.6) is 5.75 Å². The molecule has 2 fully saturated rings. The van der Waals surface area contributed by atoms with Crippen molar-refractivity contribution in [2.45, 2.75) is 31.3 Å². The summed E-state index contributed by atoms with van der Waals surface area (Å²) in [5, 5.41) is 11.0. The molecule has 0 spiro atoms. The summed E-state index contributed by atoms with van der Waals surface area (Å²) >= 11 is 0. The van der Waals surface area contributed by atoms with Gasteiger partial charge in [0.15, 0.2) is 0 Å². The van der Waals surface area contributed by atoms with Gasteiger partial charge in [0.1, 0.15) is 5.75 Å². The zero-order valence-electron chi connectivity index (χ0n) is 14.8. The molecule has 1 aromatic carbocycles. The average molecular weight is 330 g/mol. The van der Waals surface area contributed by atoms with Crippen LogP contribution in [0.15, 0.2) is 30.3 Å². The Morgan fingerprint density at radius 3 is 2.50 bits per heavy atom. The largest absolute Gasteiger partial charge is 0.497 e. The highest BCUT2D eigenvalue weighted by atomic mass is 16.5. The number of β-amino-alcohol motifs (C(OH)–C–C–N with tert-alkyl or cyclic N) is 1. The van der Waals surface area contributed by atoms with E-state index in [0.29, 0.717) is 0 Å². The van der Waals surface area contributed by atoms with E-state index in [-0.39, 0.29) is 0 Å². The van der Waals surface area contributed by atoms with Crippen LogP contribution >= 0.6 is 0 Å². The molecule has 2 aliphatic heterocycles. The second kappa shape index (κ2) is 8.15. The molecule has 0 radical (unpaired) electrons. The number of nitrogens with zero attached hydrogens (tertiary/aromatic N) is 2. The van der Waals surface area contributed by atoms with E-state index in [1.807, 2.05) is 12.1 Å². The Labute approximate surface area is 145 Å². The fourth-order valence-corrected chi connectivity index (χ4v) is 3.90. The van der Waals surface area contributed by atoms with Gasteiger partial charge < -0.3 is 14.7 Å². The van der Waals surface area contributed by atoms with Gasteiger partial charge in [0.05, 0.1) is 12.7 Å². The molecule has 0 unspecified atom stereocenters. The van der Waals surface area contributed by atoms with Crippen molar-refractivity contribution in [3.63, 3.8) is 0 Å². The number of likely N-dealkylation sites (tertiary alicyclic amines) is 2. The van der Waals surface area contributed by atoms with E-state index in [4.69, 9.17) is 4.74 Å². The minimum Gasteiger partial charge on any atom is -0.497 e. The predicted molar refractivity (Wildman–Crippen MR) is 98.3 cm³/mol. The monoisotopic (exact) mass is 330 g/mol. The van der Waals surface area contributed by atoms with Crippen LogP contribution < -0.4 is 4.74 Å². The van der Waals surface area contributed by atoms with Crippen molar-refractivity contribution in [2.24, 2.45) is 0 Å². The first-order valence-corrected chi connectivity index (χ1v) is 9.15. The number of methoxy groups -OCH3 is 1. The van der Waals surface area contributed by atoms with Gasteiger partial charge in [-0.1, -0.05) is 24.3 Å². The molecule has 2 heterocycles. The van der Waals surface area contributed by atoms with Crippen molar-refractivity contribution in [1.82, 2.24) is 9.80 Å². The Morgan fingerprint density at radius 1 is 1.08 bits per heavy atom. The van der Waals surface area contributed by atoms with E-state index in [9.17, 15) is 5.11 Å². The second-order valence-electron chi connectivity index (χ2n) is 7.22. The van der Waals surface area contributed by atoms with Crippen LogP contribution in [0.3, 0.4) is 0 Å². The minimum atomic E-state index is -0.531. The number of hydrogen-bond donors (Lipinski definition) is 1. The lowest BCUT2D eigenvalue weighted by Crippen LogP contribution is -2.53. The molecule has 0 aliphatic carbocycles. The van der Waals surface area contributed by atoms with Crippen LogP contribution in [0.2, 0.25) is 0 Å². The standard InChI is InChI=1S/C20H30N2O2/c1-24-19-9-7-18(8-10-19)6-4-14-22-15-5-11-20(23,17-22)16-21-12-2-3-13-21/h4,6-10,23H,2-3,5,11-17H2,1H3/b6-4+/t20-/m1/s1. The second-order valence-corrected chi connectivity index (χ2v) is 7.22. The van der Waals surface area contributed by atoms with Crippen LogP contribution in [0.25, 0.3) is 6.08 Å². The van der Waals surface area contributed by atoms with Crippen molar-refractivity contribution in [2.75, 3.05) is 46.4 Å². The third-order valence-corrected chi connectivity index (χ3v) is 5.14. The number of hydrogen-bond acceptors (Lipinski definition) is 4. The number of benzene rings is 1. The summed E-state index contributed by atoms with van der Waals surface area (Å²) in [7, 11) is 1.69. The van der Waals surface area contributed by atoms with Crippen molar-refractivity contribution >= 4 is 6.08 Å². The van der Waals surface area contributed by atoms with E-state index in [1.54, 1.807) is 7.11 Å². The lowest BCUT2D eigenvalue weighted by Gasteiger charge is -2.40. The molecule has 1 atom stereocenters. The molecule has 132 valence electrons. The summed E-state index contributed by atoms with van der Waals surface area (Å²) in [5.74, 6) is 0.884. The number of aliphatic hydroxyl groups is 1. The van der Waals surface area contributed by atoms with E-state index in [1.165, 1.54) is 18.4 Å². The van der Waals surface area contributed by atoms with Gasteiger partial charge in [0, 0.05) is 19.6 Å². The molecule has 24 heavy (non-hydrogen) atoms. The Balaban J connectivity index is 1.49. The summed E-state index contributed by atoms with van der Waals surface area (Å²) in [6, 6.07) is 8.09. The Bertz CT molecular complexity index is 537. The van der Waals surface area contributed by atoms with Gasteiger partial charge in [-0.05, 0) is 63.0 Å². The quantitative estimate of drug-likeness (QED) is 0.870. The molecule has 0 aromatic heterocycles. The van der Waals surface area contributed by atoms with Crippen molar-refractivity contribution in [3.8, 4) is 5.75 Å². The van der Waals surface area contributed by atoms with Crippen LogP contribution in [0.4, 0.5) is 0 Å². The highest BCUT2D eigenvalue weighted by Gasteiger charge is 2.35. The maximum atomic E-state index is 11.0. The van der Waals surface area contributed by atoms with Gasteiger partial charge in [-0.2, -0.15) is 0 Å². The first-order chi connectivity index (χ1) is 11.7. The zero-order valence-corrected chi connectivity index (χ0v) is 14.8. The molecule has 0 saturated carbocycles. The number of rotatable bonds is 6. The van der Waals surface area contributed by atoms with Gasteiger partial charge in [0.2, 0.25) is 0 Å². The van der Waals surface area contributed by atoms with E-state index < -0.39 is 5.60 Å². The van der Waals surface area contributed by atoms with Crippen LogP contribution in [0, 0.1) is 0 Å². The molecule has 4 heteroatoms. The van der Waals surface area contributed by atoms with Gasteiger partial charge >= 0.3 is 0 Å². The van der Waals surface area contributed by atoms with Crippen LogP contribution in [0.1, 0.15) is 31.2 Å². The van der Waals surface area contributed by atoms with Gasteiger partial charge in [-0.15, -0.1) is 0 Å². The molecule has 0 amide bonds. The Morgan fingerprint density at radius 2 is 1.79 bits per heavy atom. The molecule has 3 rings (SSSR count). The highest BCUT2D eigenvalue weighted by molar-refractivity contribution is 5.50. The molecule has 0 bridgehead atoms. The summed E-state index contributed by atoms with van der Waals surface area (Å²) in [6.45, 7) is 5.91. The molecule has 1 aromatic rings. The van der Waals surface area contributed by atoms with Crippen LogP contribution in [-0.4, -0.2) is 66.9 Å². The topological polar surface area (TPSA) is 35.9 Å². The summed E-state index contributed by atoms with van der Waals surface area (Å²) < 4.78 is 5.18. The van der Waals surface area contributed by atoms with Crippen LogP contribution in [-0.2, 0) is 0 Å². The molecular weight excluding hydrogens is 300 g/mol. The third kappa shape index (κ3) is 4.82. The van der Waals surface area contributed by atoms with E-state index in [2.05, 4.69) is 34.1 Å². The maximum absolute atomic E-state index is 11.0. The maximum Gasteiger partial charge on any atom is 0.118 e. The van der Waals surface area contributed by atoms with Crippen molar-refractivity contribution in [1.29, 1.82) is 0 Å². The lowest BCUT2D eigenvalue weighted by molar-refractivity contribution is -0.0469. The number of piperidine rings is 1. The van der Waals surface area contributed by atoms with Gasteiger partial charge in [-0.3, -0.25) is 4.90 Å². The molecule has 2 aliphatic rings. The smallest absolute Gasteiger partial charge is 0.118 e.